The Morgan fingerprint density at radius 3 is 2.85 bits per heavy atom. The van der Waals surface area contributed by atoms with Crippen LogP contribution in [-0.2, 0) is 14.3 Å². The number of methoxy groups -OCH3 is 1. The van der Waals surface area contributed by atoms with Crippen LogP contribution in [0.2, 0.25) is 0 Å². The first-order chi connectivity index (χ1) is 9.61. The molecule has 1 aromatic rings. The number of esters is 1. The third-order valence-corrected chi connectivity index (χ3v) is 3.26. The van der Waals surface area contributed by atoms with Crippen molar-refractivity contribution in [3.05, 3.63) is 30.1 Å². The molecule has 0 bridgehead atoms. The van der Waals surface area contributed by atoms with E-state index in [0.717, 1.165) is 0 Å². The van der Waals surface area contributed by atoms with Crippen LogP contribution in [0.5, 0.6) is 5.75 Å². The number of carbonyl (C=O) groups excluding carboxylic acids is 2. The molecular formula is C14H16FNO4. The van der Waals surface area contributed by atoms with Crippen LogP contribution < -0.4 is 4.74 Å². The lowest BCUT2D eigenvalue weighted by molar-refractivity contribution is -0.145. The van der Waals surface area contributed by atoms with Crippen LogP contribution in [0, 0.1) is 11.7 Å². The minimum atomic E-state index is -0.505. The predicted octanol–water partition coefficient (Wildman–Crippen LogP) is 1.23. The Labute approximate surface area is 116 Å². The van der Waals surface area contributed by atoms with Crippen LogP contribution in [0.3, 0.4) is 0 Å². The molecule has 0 saturated carbocycles. The Bertz CT molecular complexity index is 506. The monoisotopic (exact) mass is 281 g/mol. The van der Waals surface area contributed by atoms with E-state index in [9.17, 15) is 14.0 Å². The SMILES string of the molecule is COC(=O)C1CCN(C(=O)COc2ccccc2F)C1. The number of ether oxygens (including phenoxy) is 2. The summed E-state index contributed by atoms with van der Waals surface area (Å²) < 4.78 is 23.1. The molecule has 2 rings (SSSR count). The van der Waals surface area contributed by atoms with Crippen molar-refractivity contribution in [3.63, 3.8) is 0 Å². The summed E-state index contributed by atoms with van der Waals surface area (Å²) in [6.45, 7) is 0.570. The zero-order valence-corrected chi connectivity index (χ0v) is 11.2. The van der Waals surface area contributed by atoms with E-state index in [1.165, 1.54) is 24.1 Å². The fourth-order valence-corrected chi connectivity index (χ4v) is 2.14. The standard InChI is InChI=1S/C14H16FNO4/c1-19-14(18)10-6-7-16(8-10)13(17)9-20-12-5-3-2-4-11(12)15/h2-5,10H,6-9H2,1H3. The predicted molar refractivity (Wildman–Crippen MR) is 68.6 cm³/mol. The Morgan fingerprint density at radius 2 is 2.15 bits per heavy atom. The van der Waals surface area contributed by atoms with Gasteiger partial charge < -0.3 is 14.4 Å². The van der Waals surface area contributed by atoms with Crippen molar-refractivity contribution in [1.82, 2.24) is 4.90 Å². The fourth-order valence-electron chi connectivity index (χ4n) is 2.14. The molecule has 1 saturated heterocycles. The second-order valence-corrected chi connectivity index (χ2v) is 4.57. The third-order valence-electron chi connectivity index (χ3n) is 3.26. The van der Waals surface area contributed by atoms with E-state index in [-0.39, 0.29) is 30.2 Å². The number of halogens is 1. The van der Waals surface area contributed by atoms with E-state index in [1.54, 1.807) is 12.1 Å². The van der Waals surface area contributed by atoms with Gasteiger partial charge in [0.15, 0.2) is 18.2 Å². The Balaban J connectivity index is 1.85. The van der Waals surface area contributed by atoms with Gasteiger partial charge in [-0.3, -0.25) is 9.59 Å². The van der Waals surface area contributed by atoms with E-state index < -0.39 is 5.82 Å². The number of likely N-dealkylation sites (tertiary alicyclic amines) is 1. The van der Waals surface area contributed by atoms with Crippen molar-refractivity contribution >= 4 is 11.9 Å². The molecular weight excluding hydrogens is 265 g/mol. The maximum atomic E-state index is 13.3. The van der Waals surface area contributed by atoms with Gasteiger partial charge in [-0.1, -0.05) is 12.1 Å². The Morgan fingerprint density at radius 1 is 1.40 bits per heavy atom. The smallest absolute Gasteiger partial charge is 0.310 e. The molecule has 1 fully saturated rings. The van der Waals surface area contributed by atoms with Gasteiger partial charge in [-0.25, -0.2) is 4.39 Å². The molecule has 108 valence electrons. The summed E-state index contributed by atoms with van der Waals surface area (Å²) in [4.78, 5) is 24.8. The molecule has 1 amide bonds. The van der Waals surface area contributed by atoms with E-state index in [0.29, 0.717) is 19.5 Å². The lowest BCUT2D eigenvalue weighted by Gasteiger charge is -2.16. The fraction of sp³-hybridized carbons (Fsp3) is 0.429. The highest BCUT2D eigenvalue weighted by Gasteiger charge is 2.31. The van der Waals surface area contributed by atoms with Crippen LogP contribution in [-0.4, -0.2) is 43.6 Å². The van der Waals surface area contributed by atoms with E-state index in [1.807, 2.05) is 0 Å². The van der Waals surface area contributed by atoms with Crippen molar-refractivity contribution in [3.8, 4) is 5.75 Å². The molecule has 1 aliphatic heterocycles. The van der Waals surface area contributed by atoms with Gasteiger partial charge in [-0.05, 0) is 18.6 Å². The first-order valence-corrected chi connectivity index (χ1v) is 6.34. The molecule has 0 aliphatic carbocycles. The number of nitrogens with zero attached hydrogens (tertiary/aromatic N) is 1. The van der Waals surface area contributed by atoms with Gasteiger partial charge in [-0.15, -0.1) is 0 Å². The maximum absolute atomic E-state index is 13.3. The molecule has 1 heterocycles. The highest BCUT2D eigenvalue weighted by molar-refractivity contribution is 5.80. The van der Waals surface area contributed by atoms with Crippen molar-refractivity contribution in [2.75, 3.05) is 26.8 Å². The van der Waals surface area contributed by atoms with Gasteiger partial charge >= 0.3 is 5.97 Å². The molecule has 1 aliphatic rings. The largest absolute Gasteiger partial charge is 0.481 e. The third kappa shape index (κ3) is 3.26. The van der Waals surface area contributed by atoms with Gasteiger partial charge in [0.2, 0.25) is 0 Å². The average Bonchev–Trinajstić information content (AvgIpc) is 2.95. The topological polar surface area (TPSA) is 55.8 Å². The highest BCUT2D eigenvalue weighted by atomic mass is 19.1. The number of hydrogen-bond acceptors (Lipinski definition) is 4. The van der Waals surface area contributed by atoms with Gasteiger partial charge in [0.25, 0.3) is 5.91 Å². The van der Waals surface area contributed by atoms with E-state index >= 15 is 0 Å². The zero-order chi connectivity index (χ0) is 14.5. The number of amides is 1. The first kappa shape index (κ1) is 14.3. The summed E-state index contributed by atoms with van der Waals surface area (Å²) in [5.41, 5.74) is 0. The molecule has 0 radical (unpaired) electrons. The molecule has 20 heavy (non-hydrogen) atoms. The summed E-state index contributed by atoms with van der Waals surface area (Å²) in [7, 11) is 1.33. The van der Waals surface area contributed by atoms with Crippen molar-refractivity contribution in [2.24, 2.45) is 5.92 Å². The lowest BCUT2D eigenvalue weighted by Crippen LogP contribution is -2.34. The molecule has 0 N–H and O–H groups in total. The normalized spacial score (nSPS) is 17.9. The van der Waals surface area contributed by atoms with Gasteiger partial charge in [0.1, 0.15) is 0 Å². The second-order valence-electron chi connectivity index (χ2n) is 4.57. The number of benzene rings is 1. The van der Waals surface area contributed by atoms with E-state index in [4.69, 9.17) is 4.74 Å². The number of hydrogen-bond donors (Lipinski definition) is 0. The van der Waals surface area contributed by atoms with Crippen molar-refractivity contribution in [1.29, 1.82) is 0 Å². The van der Waals surface area contributed by atoms with Gasteiger partial charge in [0, 0.05) is 13.1 Å². The van der Waals surface area contributed by atoms with Crippen LogP contribution in [0.25, 0.3) is 0 Å². The minimum Gasteiger partial charge on any atom is -0.481 e. The molecule has 1 unspecified atom stereocenters. The van der Waals surface area contributed by atoms with E-state index in [2.05, 4.69) is 4.74 Å². The van der Waals surface area contributed by atoms with Crippen LogP contribution in [0.4, 0.5) is 4.39 Å². The van der Waals surface area contributed by atoms with Gasteiger partial charge in [-0.2, -0.15) is 0 Å². The molecule has 1 atom stereocenters. The summed E-state index contributed by atoms with van der Waals surface area (Å²) in [5.74, 6) is -1.31. The maximum Gasteiger partial charge on any atom is 0.310 e. The molecule has 0 aromatic heterocycles. The first-order valence-electron chi connectivity index (χ1n) is 6.34. The number of carbonyl (C=O) groups is 2. The molecule has 5 nitrogen and oxygen atoms in total. The van der Waals surface area contributed by atoms with Crippen LogP contribution >= 0.6 is 0 Å². The second kappa shape index (κ2) is 6.36. The van der Waals surface area contributed by atoms with Crippen LogP contribution in [0.15, 0.2) is 24.3 Å². The lowest BCUT2D eigenvalue weighted by atomic mass is 10.1. The molecule has 0 spiro atoms. The Kier molecular flexibility index (Phi) is 4.55. The molecule has 6 heteroatoms. The zero-order valence-electron chi connectivity index (χ0n) is 11.2. The minimum absolute atomic E-state index is 0.0459. The summed E-state index contributed by atoms with van der Waals surface area (Å²) >= 11 is 0. The summed E-state index contributed by atoms with van der Waals surface area (Å²) in [6.07, 6.45) is 0.581. The molecule has 1 aromatic carbocycles. The Hall–Kier alpha value is -2.11. The van der Waals surface area contributed by atoms with Crippen LogP contribution in [0.1, 0.15) is 6.42 Å². The summed E-state index contributed by atoms with van der Waals surface area (Å²) in [5, 5.41) is 0. The quantitative estimate of drug-likeness (QED) is 0.779. The van der Waals surface area contributed by atoms with Gasteiger partial charge in [0.05, 0.1) is 13.0 Å². The average molecular weight is 281 g/mol. The highest BCUT2D eigenvalue weighted by Crippen LogP contribution is 2.19. The summed E-state index contributed by atoms with van der Waals surface area (Å²) in [6, 6.07) is 5.91. The number of para-hydroxylation sites is 1. The van der Waals surface area contributed by atoms with Crippen molar-refractivity contribution in [2.45, 2.75) is 6.42 Å². The van der Waals surface area contributed by atoms with Crippen molar-refractivity contribution < 1.29 is 23.5 Å². The number of rotatable bonds is 4.